The molecular formula is C20H22N6O4. The third-order valence-corrected chi connectivity index (χ3v) is 5.39. The largest absolute Gasteiger partial charge is 0.332 e. The number of fused-ring (bicyclic) bond motifs is 3. The molecule has 0 aliphatic rings. The molecule has 1 aromatic carbocycles. The highest BCUT2D eigenvalue weighted by molar-refractivity contribution is 5.78. The number of hydrogen-bond acceptors (Lipinski definition) is 5. The molecule has 4 aromatic rings. The van der Waals surface area contributed by atoms with Crippen molar-refractivity contribution in [2.75, 3.05) is 0 Å². The van der Waals surface area contributed by atoms with Gasteiger partial charge >= 0.3 is 5.69 Å². The number of aromatic nitrogens is 5. The summed E-state index contributed by atoms with van der Waals surface area (Å²) in [6, 6.07) is 6.40. The predicted octanol–water partition coefficient (Wildman–Crippen LogP) is 2.45. The summed E-state index contributed by atoms with van der Waals surface area (Å²) in [7, 11) is 3.02. The summed E-state index contributed by atoms with van der Waals surface area (Å²) in [5, 5.41) is 11.2. The van der Waals surface area contributed by atoms with Crippen LogP contribution in [0.3, 0.4) is 0 Å². The van der Waals surface area contributed by atoms with Crippen molar-refractivity contribution in [1.29, 1.82) is 0 Å². The molecule has 0 unspecified atom stereocenters. The van der Waals surface area contributed by atoms with Gasteiger partial charge in [-0.15, -0.1) is 0 Å². The average molecular weight is 410 g/mol. The lowest BCUT2D eigenvalue weighted by Gasteiger charge is -2.08. The van der Waals surface area contributed by atoms with Gasteiger partial charge in [0.05, 0.1) is 10.6 Å². The smallest absolute Gasteiger partial charge is 0.310 e. The molecule has 30 heavy (non-hydrogen) atoms. The SMILES string of the molecule is CCCCCn1c(-c2cccc([N+](=O)[O-])c2)cn2c3c(=O)n(C)c(=O)n(C)c3nc12. The summed E-state index contributed by atoms with van der Waals surface area (Å²) < 4.78 is 6.04. The Labute approximate surface area is 170 Å². The molecule has 4 rings (SSSR count). The van der Waals surface area contributed by atoms with E-state index in [1.165, 1.54) is 23.7 Å². The lowest BCUT2D eigenvalue weighted by Crippen LogP contribution is -2.37. The van der Waals surface area contributed by atoms with Gasteiger partial charge in [0.25, 0.3) is 11.2 Å². The van der Waals surface area contributed by atoms with E-state index in [-0.39, 0.29) is 5.69 Å². The van der Waals surface area contributed by atoms with E-state index in [9.17, 15) is 19.7 Å². The number of nitro benzene ring substituents is 1. The van der Waals surface area contributed by atoms with Gasteiger partial charge in [-0.05, 0) is 6.42 Å². The Balaban J connectivity index is 2.04. The van der Waals surface area contributed by atoms with Crippen molar-refractivity contribution in [3.8, 4) is 11.3 Å². The van der Waals surface area contributed by atoms with Gasteiger partial charge in [0, 0.05) is 44.5 Å². The fourth-order valence-electron chi connectivity index (χ4n) is 3.77. The van der Waals surface area contributed by atoms with Crippen molar-refractivity contribution in [3.63, 3.8) is 0 Å². The van der Waals surface area contributed by atoms with Gasteiger partial charge < -0.3 is 4.57 Å². The van der Waals surface area contributed by atoms with Crippen LogP contribution in [0.15, 0.2) is 40.1 Å². The molecule has 10 heteroatoms. The maximum absolute atomic E-state index is 12.8. The number of unbranched alkanes of at least 4 members (excludes halogenated alkanes) is 2. The normalized spacial score (nSPS) is 11.6. The first kappa shape index (κ1) is 19.6. The third kappa shape index (κ3) is 2.92. The third-order valence-electron chi connectivity index (χ3n) is 5.39. The van der Waals surface area contributed by atoms with Crippen molar-refractivity contribution in [2.45, 2.75) is 32.7 Å². The minimum Gasteiger partial charge on any atom is -0.310 e. The zero-order valence-corrected chi connectivity index (χ0v) is 17.0. The van der Waals surface area contributed by atoms with E-state index in [0.29, 0.717) is 29.0 Å². The number of hydrogen-bond donors (Lipinski definition) is 0. The fraction of sp³-hybridized carbons (Fsp3) is 0.350. The zero-order chi connectivity index (χ0) is 21.6. The summed E-state index contributed by atoms with van der Waals surface area (Å²) in [5.41, 5.74) is 1.13. The van der Waals surface area contributed by atoms with E-state index in [1.54, 1.807) is 29.8 Å². The van der Waals surface area contributed by atoms with Crippen molar-refractivity contribution in [1.82, 2.24) is 23.1 Å². The van der Waals surface area contributed by atoms with Gasteiger partial charge in [-0.2, -0.15) is 4.98 Å². The first-order valence-corrected chi connectivity index (χ1v) is 9.77. The summed E-state index contributed by atoms with van der Waals surface area (Å²) in [4.78, 5) is 40.5. The molecule has 0 amide bonds. The van der Waals surface area contributed by atoms with E-state index >= 15 is 0 Å². The highest BCUT2D eigenvalue weighted by Crippen LogP contribution is 2.28. The molecule has 0 atom stereocenters. The second kappa shape index (κ2) is 7.29. The van der Waals surface area contributed by atoms with E-state index in [0.717, 1.165) is 29.5 Å². The van der Waals surface area contributed by atoms with Crippen molar-refractivity contribution >= 4 is 22.6 Å². The number of nitro groups is 1. The Morgan fingerprint density at radius 2 is 1.90 bits per heavy atom. The van der Waals surface area contributed by atoms with Crippen molar-refractivity contribution in [3.05, 3.63) is 61.4 Å². The maximum atomic E-state index is 12.8. The second-order valence-electron chi connectivity index (χ2n) is 7.34. The first-order valence-electron chi connectivity index (χ1n) is 9.77. The Morgan fingerprint density at radius 1 is 1.13 bits per heavy atom. The number of aryl methyl sites for hydroxylation is 2. The molecule has 3 aromatic heterocycles. The minimum atomic E-state index is -0.440. The number of non-ortho nitro benzene ring substituents is 1. The van der Waals surface area contributed by atoms with Gasteiger partial charge in [-0.3, -0.25) is 28.4 Å². The molecule has 0 fully saturated rings. The molecule has 156 valence electrons. The summed E-state index contributed by atoms with van der Waals surface area (Å²) in [6.45, 7) is 2.75. The van der Waals surface area contributed by atoms with Crippen LogP contribution in [0.4, 0.5) is 5.69 Å². The van der Waals surface area contributed by atoms with Crippen LogP contribution < -0.4 is 11.2 Å². The lowest BCUT2D eigenvalue weighted by atomic mass is 10.1. The minimum absolute atomic E-state index is 0.00498. The Bertz CT molecular complexity index is 1400. The molecule has 0 radical (unpaired) electrons. The molecule has 0 saturated carbocycles. The molecule has 0 aliphatic carbocycles. The van der Waals surface area contributed by atoms with Crippen molar-refractivity contribution < 1.29 is 4.92 Å². The van der Waals surface area contributed by atoms with E-state index < -0.39 is 16.2 Å². The van der Waals surface area contributed by atoms with Crippen LogP contribution >= 0.6 is 0 Å². The van der Waals surface area contributed by atoms with E-state index in [2.05, 4.69) is 11.9 Å². The highest BCUT2D eigenvalue weighted by atomic mass is 16.6. The summed E-state index contributed by atoms with van der Waals surface area (Å²) in [6.07, 6.45) is 4.71. The van der Waals surface area contributed by atoms with Gasteiger partial charge in [-0.25, -0.2) is 4.79 Å². The molecule has 0 bridgehead atoms. The molecule has 10 nitrogen and oxygen atoms in total. The van der Waals surface area contributed by atoms with Gasteiger partial charge in [0.15, 0.2) is 11.2 Å². The van der Waals surface area contributed by atoms with Gasteiger partial charge in [-0.1, -0.05) is 31.9 Å². The Kier molecular flexibility index (Phi) is 4.76. The van der Waals surface area contributed by atoms with Gasteiger partial charge in [0.1, 0.15) is 0 Å². The monoisotopic (exact) mass is 410 g/mol. The topological polar surface area (TPSA) is 109 Å². The standard InChI is InChI=1S/C20H22N6O4/c1-4-5-6-10-24-15(13-8-7-9-14(11-13)26(29)30)12-25-16-17(21-19(24)25)22(2)20(28)23(3)18(16)27/h7-9,11-12H,4-6,10H2,1-3H3. The van der Waals surface area contributed by atoms with Crippen molar-refractivity contribution in [2.24, 2.45) is 14.1 Å². The van der Waals surface area contributed by atoms with E-state index in [1.807, 2.05) is 4.57 Å². The van der Waals surface area contributed by atoms with Crippen LogP contribution in [0, 0.1) is 10.1 Å². The number of nitrogens with zero attached hydrogens (tertiary/aromatic N) is 6. The summed E-state index contributed by atoms with van der Waals surface area (Å²) in [5.74, 6) is 0.529. The molecule has 0 spiro atoms. The van der Waals surface area contributed by atoms with Crippen LogP contribution in [-0.4, -0.2) is 28.0 Å². The van der Waals surface area contributed by atoms with Crippen LogP contribution in [-0.2, 0) is 20.6 Å². The summed E-state index contributed by atoms with van der Waals surface area (Å²) >= 11 is 0. The average Bonchev–Trinajstić information content (AvgIpc) is 3.28. The number of benzene rings is 1. The Morgan fingerprint density at radius 3 is 2.60 bits per heavy atom. The Hall–Kier alpha value is -3.69. The molecular weight excluding hydrogens is 388 g/mol. The highest BCUT2D eigenvalue weighted by Gasteiger charge is 2.21. The molecule has 3 heterocycles. The fourth-order valence-corrected chi connectivity index (χ4v) is 3.77. The zero-order valence-electron chi connectivity index (χ0n) is 17.0. The van der Waals surface area contributed by atoms with Crippen LogP contribution in [0.25, 0.3) is 28.2 Å². The number of rotatable bonds is 6. The molecule has 0 aliphatic heterocycles. The first-order chi connectivity index (χ1) is 14.3. The molecule has 0 N–H and O–H groups in total. The van der Waals surface area contributed by atoms with Crippen LogP contribution in [0.1, 0.15) is 26.2 Å². The lowest BCUT2D eigenvalue weighted by molar-refractivity contribution is -0.384. The predicted molar refractivity (Wildman–Crippen MR) is 113 cm³/mol. The molecule has 0 saturated heterocycles. The second-order valence-corrected chi connectivity index (χ2v) is 7.34. The number of imidazole rings is 2. The van der Waals surface area contributed by atoms with E-state index in [4.69, 9.17) is 0 Å². The quantitative estimate of drug-likeness (QED) is 0.275. The van der Waals surface area contributed by atoms with Crippen LogP contribution in [0.5, 0.6) is 0 Å². The maximum Gasteiger partial charge on any atom is 0.332 e. The van der Waals surface area contributed by atoms with Gasteiger partial charge in [0.2, 0.25) is 5.78 Å². The van der Waals surface area contributed by atoms with Crippen LogP contribution in [0.2, 0.25) is 0 Å².